The van der Waals surface area contributed by atoms with Gasteiger partial charge >= 0.3 is 0 Å². The van der Waals surface area contributed by atoms with Gasteiger partial charge in [0, 0.05) is 16.5 Å². The maximum Gasteiger partial charge on any atom is 0.237 e. The third-order valence-electron chi connectivity index (χ3n) is 3.22. The second-order valence-corrected chi connectivity index (χ2v) is 9.59. The van der Waals surface area contributed by atoms with E-state index in [1.807, 2.05) is 26.0 Å². The summed E-state index contributed by atoms with van der Waals surface area (Å²) < 4.78 is 1.78. The van der Waals surface area contributed by atoms with Crippen molar-refractivity contribution in [1.82, 2.24) is 10.2 Å². The van der Waals surface area contributed by atoms with Gasteiger partial charge in [-0.2, -0.15) is 0 Å². The maximum atomic E-state index is 12.4. The number of aromatic nitrogens is 2. The first kappa shape index (κ1) is 19.6. The molecule has 1 unspecified atom stereocenters. The molecule has 0 aliphatic heterocycles. The predicted molar refractivity (Wildman–Crippen MR) is 106 cm³/mol. The lowest BCUT2D eigenvalue weighted by atomic mass is 10.2. The smallest absolute Gasteiger partial charge is 0.237 e. The van der Waals surface area contributed by atoms with Gasteiger partial charge in [0.1, 0.15) is 0 Å². The molecule has 0 aliphatic carbocycles. The fraction of sp³-hybridized carbons (Fsp3) is 0.438. The monoisotopic (exact) mass is 401 g/mol. The molecule has 1 heterocycles. The predicted octanol–water partition coefficient (Wildman–Crippen LogP) is 5.51. The van der Waals surface area contributed by atoms with Gasteiger partial charge < -0.3 is 5.32 Å². The van der Waals surface area contributed by atoms with Crippen molar-refractivity contribution in [3.63, 3.8) is 0 Å². The molecule has 0 radical (unpaired) electrons. The molecule has 0 saturated heterocycles. The van der Waals surface area contributed by atoms with Gasteiger partial charge in [0.05, 0.1) is 5.25 Å². The van der Waals surface area contributed by atoms with Crippen LogP contribution in [-0.4, -0.2) is 27.1 Å². The quantitative estimate of drug-likeness (QED) is 0.466. The number of amides is 1. The molecule has 1 N–H and O–H groups in total. The van der Waals surface area contributed by atoms with E-state index in [0.717, 1.165) is 25.7 Å². The molecule has 1 aromatic heterocycles. The fourth-order valence-corrected chi connectivity index (χ4v) is 5.27. The summed E-state index contributed by atoms with van der Waals surface area (Å²) in [5.41, 5.74) is 1.73. The fourth-order valence-electron chi connectivity index (χ4n) is 1.77. The molecule has 1 amide bonds. The summed E-state index contributed by atoms with van der Waals surface area (Å²) in [5.74, 6) is 0.987. The topological polar surface area (TPSA) is 54.9 Å². The number of hydrogen-bond acceptors (Lipinski definition) is 6. The summed E-state index contributed by atoms with van der Waals surface area (Å²) >= 11 is 10.7. The van der Waals surface area contributed by atoms with Gasteiger partial charge in [0.25, 0.3) is 0 Å². The number of carbonyl (C=O) groups is 1. The highest BCUT2D eigenvalue weighted by molar-refractivity contribution is 8.03. The minimum atomic E-state index is -0.259. The van der Waals surface area contributed by atoms with Gasteiger partial charge in [0.15, 0.2) is 8.68 Å². The summed E-state index contributed by atoms with van der Waals surface area (Å²) in [6, 6.07) is 5.46. The van der Waals surface area contributed by atoms with Crippen molar-refractivity contribution >= 4 is 58.1 Å². The molecule has 4 nitrogen and oxygen atoms in total. The molecule has 1 atom stereocenters. The van der Waals surface area contributed by atoms with Gasteiger partial charge in [-0.25, -0.2) is 0 Å². The Labute approximate surface area is 160 Å². The Hall–Kier alpha value is -0.760. The third-order valence-corrected chi connectivity index (χ3v) is 6.78. The number of thioether (sulfide) groups is 2. The normalized spacial score (nSPS) is 12.2. The first-order valence-corrected chi connectivity index (χ1v) is 10.8. The number of anilines is 1. The number of nitrogens with zero attached hydrogens (tertiary/aromatic N) is 2. The number of aryl methyl sites for hydroxylation is 1. The van der Waals surface area contributed by atoms with Crippen LogP contribution in [0.4, 0.5) is 5.69 Å². The average molecular weight is 402 g/mol. The van der Waals surface area contributed by atoms with E-state index in [0.29, 0.717) is 5.02 Å². The van der Waals surface area contributed by atoms with Gasteiger partial charge in [-0.3, -0.25) is 4.79 Å². The second-order valence-electron chi connectivity index (χ2n) is 5.24. The Morgan fingerprint density at radius 3 is 2.88 bits per heavy atom. The molecule has 0 saturated carbocycles. The maximum absolute atomic E-state index is 12.4. The Morgan fingerprint density at radius 2 is 2.12 bits per heavy atom. The van der Waals surface area contributed by atoms with Crippen LogP contribution in [0.1, 0.15) is 32.3 Å². The number of carbonyl (C=O) groups excluding carboxylic acids is 1. The molecule has 130 valence electrons. The van der Waals surface area contributed by atoms with Crippen molar-refractivity contribution in [2.45, 2.75) is 47.5 Å². The van der Waals surface area contributed by atoms with E-state index in [1.165, 1.54) is 24.6 Å². The highest BCUT2D eigenvalue weighted by Gasteiger charge is 2.18. The summed E-state index contributed by atoms with van der Waals surface area (Å²) in [4.78, 5) is 12.4. The number of hydrogen-bond donors (Lipinski definition) is 1. The standard InChI is InChI=1S/C16H20ClN3OS3/c1-4-5-8-22-15-19-20-16(24-15)23-11(3)14(21)18-13-9-12(17)7-6-10(13)2/h6-7,9,11H,4-5,8H2,1-3H3,(H,18,21). The molecular formula is C16H20ClN3OS3. The van der Waals surface area contributed by atoms with Crippen molar-refractivity contribution in [2.24, 2.45) is 0 Å². The van der Waals surface area contributed by atoms with E-state index in [-0.39, 0.29) is 11.2 Å². The Balaban J connectivity index is 1.90. The number of nitrogens with one attached hydrogen (secondary N) is 1. The van der Waals surface area contributed by atoms with E-state index in [9.17, 15) is 4.79 Å². The lowest BCUT2D eigenvalue weighted by Crippen LogP contribution is -2.22. The van der Waals surface area contributed by atoms with Crippen LogP contribution in [-0.2, 0) is 4.79 Å². The summed E-state index contributed by atoms with van der Waals surface area (Å²) in [7, 11) is 0. The minimum absolute atomic E-state index is 0.0687. The summed E-state index contributed by atoms with van der Waals surface area (Å²) in [6.45, 7) is 5.98. The first-order valence-electron chi connectivity index (χ1n) is 7.69. The largest absolute Gasteiger partial charge is 0.325 e. The molecular weight excluding hydrogens is 382 g/mol. The second kappa shape index (κ2) is 9.65. The Bertz CT molecular complexity index is 693. The zero-order valence-corrected chi connectivity index (χ0v) is 17.0. The van der Waals surface area contributed by atoms with E-state index in [4.69, 9.17) is 11.6 Å². The van der Waals surface area contributed by atoms with Crippen LogP contribution in [0.2, 0.25) is 5.02 Å². The van der Waals surface area contributed by atoms with E-state index < -0.39 is 0 Å². The molecule has 24 heavy (non-hydrogen) atoms. The van der Waals surface area contributed by atoms with Crippen LogP contribution in [0.5, 0.6) is 0 Å². The molecule has 0 bridgehead atoms. The Kier molecular flexibility index (Phi) is 7.87. The molecule has 2 aromatic rings. The van der Waals surface area contributed by atoms with Crippen molar-refractivity contribution in [2.75, 3.05) is 11.1 Å². The third kappa shape index (κ3) is 5.95. The molecule has 0 fully saturated rings. The van der Waals surface area contributed by atoms with E-state index in [1.54, 1.807) is 29.2 Å². The number of halogens is 1. The Morgan fingerprint density at radius 1 is 1.38 bits per heavy atom. The summed E-state index contributed by atoms with van der Waals surface area (Å²) in [6.07, 6.45) is 2.35. The number of unbranched alkanes of at least 4 members (excludes halogenated alkanes) is 1. The lowest BCUT2D eigenvalue weighted by Gasteiger charge is -2.12. The van der Waals surface area contributed by atoms with E-state index in [2.05, 4.69) is 22.4 Å². The van der Waals surface area contributed by atoms with Crippen molar-refractivity contribution < 1.29 is 4.79 Å². The zero-order chi connectivity index (χ0) is 17.5. The highest BCUT2D eigenvalue weighted by Crippen LogP contribution is 2.32. The van der Waals surface area contributed by atoms with Crippen molar-refractivity contribution in [3.05, 3.63) is 28.8 Å². The molecule has 8 heteroatoms. The molecule has 0 aliphatic rings. The SMILES string of the molecule is CCCCSc1nnc(SC(C)C(=O)Nc2cc(Cl)ccc2C)s1. The molecule has 2 rings (SSSR count). The van der Waals surface area contributed by atoms with Crippen molar-refractivity contribution in [1.29, 1.82) is 0 Å². The zero-order valence-electron chi connectivity index (χ0n) is 13.8. The summed E-state index contributed by atoms with van der Waals surface area (Å²) in [5, 5.41) is 11.6. The molecule has 1 aromatic carbocycles. The van der Waals surface area contributed by atoms with Crippen LogP contribution in [0, 0.1) is 6.92 Å². The number of rotatable bonds is 8. The van der Waals surface area contributed by atoms with Gasteiger partial charge in [-0.1, -0.05) is 65.9 Å². The van der Waals surface area contributed by atoms with Gasteiger partial charge in [-0.05, 0) is 38.0 Å². The number of benzene rings is 1. The first-order chi connectivity index (χ1) is 11.5. The highest BCUT2D eigenvalue weighted by atomic mass is 35.5. The van der Waals surface area contributed by atoms with Crippen LogP contribution in [0.3, 0.4) is 0 Å². The van der Waals surface area contributed by atoms with Crippen LogP contribution < -0.4 is 5.32 Å². The van der Waals surface area contributed by atoms with Gasteiger partial charge in [0.2, 0.25) is 5.91 Å². The molecule has 0 spiro atoms. The van der Waals surface area contributed by atoms with Crippen LogP contribution >= 0.6 is 46.5 Å². The van der Waals surface area contributed by atoms with Crippen molar-refractivity contribution in [3.8, 4) is 0 Å². The minimum Gasteiger partial charge on any atom is -0.325 e. The lowest BCUT2D eigenvalue weighted by molar-refractivity contribution is -0.115. The van der Waals surface area contributed by atoms with E-state index >= 15 is 0 Å². The van der Waals surface area contributed by atoms with Crippen LogP contribution in [0.15, 0.2) is 26.9 Å². The van der Waals surface area contributed by atoms with Crippen LogP contribution in [0.25, 0.3) is 0 Å². The average Bonchev–Trinajstić information content (AvgIpc) is 2.98. The van der Waals surface area contributed by atoms with Gasteiger partial charge in [-0.15, -0.1) is 10.2 Å².